The molecule has 0 saturated carbocycles. The summed E-state index contributed by atoms with van der Waals surface area (Å²) in [7, 11) is 0. The molecule has 0 fully saturated rings. The van der Waals surface area contributed by atoms with E-state index in [2.05, 4.69) is 5.32 Å². The number of rotatable bonds is 5. The van der Waals surface area contributed by atoms with Crippen LogP contribution in [0, 0.1) is 6.92 Å². The SMILES string of the molecule is Cc1cccc(/C=C/C(=O)NC(C(=O)O)c2cccs2)c1. The number of hydrogen-bond donors (Lipinski definition) is 2. The van der Waals surface area contributed by atoms with Crippen molar-refractivity contribution >= 4 is 29.3 Å². The van der Waals surface area contributed by atoms with Gasteiger partial charge in [0.25, 0.3) is 0 Å². The van der Waals surface area contributed by atoms with E-state index in [1.807, 2.05) is 31.2 Å². The Balaban J connectivity index is 2.05. The summed E-state index contributed by atoms with van der Waals surface area (Å²) in [5.74, 6) is -1.51. The molecule has 0 spiro atoms. The molecule has 2 rings (SSSR count). The molecule has 0 bridgehead atoms. The van der Waals surface area contributed by atoms with E-state index in [0.717, 1.165) is 11.1 Å². The molecule has 1 aromatic carbocycles. The molecule has 4 nitrogen and oxygen atoms in total. The van der Waals surface area contributed by atoms with E-state index < -0.39 is 17.9 Å². The second-order valence-corrected chi connectivity index (χ2v) is 5.52. The Labute approximate surface area is 126 Å². The normalized spacial score (nSPS) is 12.2. The minimum absolute atomic E-state index is 0.433. The lowest BCUT2D eigenvalue weighted by atomic mass is 10.1. The summed E-state index contributed by atoms with van der Waals surface area (Å²) in [5.41, 5.74) is 1.99. The summed E-state index contributed by atoms with van der Waals surface area (Å²) in [4.78, 5) is 23.7. The third-order valence-corrected chi connectivity index (χ3v) is 3.77. The zero-order valence-corrected chi connectivity index (χ0v) is 12.3. The van der Waals surface area contributed by atoms with E-state index in [1.54, 1.807) is 23.6 Å². The maximum atomic E-state index is 11.9. The average molecular weight is 301 g/mol. The molecule has 21 heavy (non-hydrogen) atoms. The topological polar surface area (TPSA) is 66.4 Å². The van der Waals surface area contributed by atoms with Crippen LogP contribution in [-0.4, -0.2) is 17.0 Å². The van der Waals surface area contributed by atoms with Crippen molar-refractivity contribution in [3.8, 4) is 0 Å². The van der Waals surface area contributed by atoms with Crippen molar-refractivity contribution in [1.29, 1.82) is 0 Å². The Bertz CT molecular complexity index is 662. The first-order valence-electron chi connectivity index (χ1n) is 6.38. The maximum Gasteiger partial charge on any atom is 0.331 e. The van der Waals surface area contributed by atoms with E-state index >= 15 is 0 Å². The lowest BCUT2D eigenvalue weighted by Gasteiger charge is -2.11. The van der Waals surface area contributed by atoms with Crippen LogP contribution in [0.1, 0.15) is 22.0 Å². The van der Waals surface area contributed by atoms with Gasteiger partial charge in [0.15, 0.2) is 6.04 Å². The largest absolute Gasteiger partial charge is 0.479 e. The lowest BCUT2D eigenvalue weighted by molar-refractivity contribution is -0.141. The predicted octanol–water partition coefficient (Wildman–Crippen LogP) is 3.01. The first-order chi connectivity index (χ1) is 10.1. The molecular formula is C16H15NO3S. The predicted molar refractivity (Wildman–Crippen MR) is 83.1 cm³/mol. The van der Waals surface area contributed by atoms with Gasteiger partial charge < -0.3 is 10.4 Å². The van der Waals surface area contributed by atoms with Crippen molar-refractivity contribution in [2.75, 3.05) is 0 Å². The molecule has 5 heteroatoms. The van der Waals surface area contributed by atoms with Crippen LogP contribution in [0.3, 0.4) is 0 Å². The fourth-order valence-corrected chi connectivity index (χ4v) is 2.61. The Hall–Kier alpha value is -2.40. The monoisotopic (exact) mass is 301 g/mol. The lowest BCUT2D eigenvalue weighted by Crippen LogP contribution is -2.31. The van der Waals surface area contributed by atoms with Gasteiger partial charge in [-0.1, -0.05) is 35.9 Å². The van der Waals surface area contributed by atoms with Crippen molar-refractivity contribution < 1.29 is 14.7 Å². The number of hydrogen-bond acceptors (Lipinski definition) is 3. The van der Waals surface area contributed by atoms with Gasteiger partial charge in [-0.25, -0.2) is 4.79 Å². The minimum Gasteiger partial charge on any atom is -0.479 e. The summed E-state index contributed by atoms with van der Waals surface area (Å²) in [6.45, 7) is 1.97. The number of nitrogens with one attached hydrogen (secondary N) is 1. The molecule has 1 atom stereocenters. The third kappa shape index (κ3) is 4.29. The van der Waals surface area contributed by atoms with Crippen LogP contribution in [0.5, 0.6) is 0 Å². The van der Waals surface area contributed by atoms with E-state index in [-0.39, 0.29) is 0 Å². The van der Waals surface area contributed by atoms with Gasteiger partial charge in [-0.3, -0.25) is 4.79 Å². The van der Waals surface area contributed by atoms with E-state index in [0.29, 0.717) is 4.88 Å². The summed E-state index contributed by atoms with van der Waals surface area (Å²) < 4.78 is 0. The molecule has 0 aliphatic rings. The fourth-order valence-electron chi connectivity index (χ4n) is 1.85. The smallest absolute Gasteiger partial charge is 0.331 e. The van der Waals surface area contributed by atoms with E-state index in [9.17, 15) is 14.7 Å². The fraction of sp³-hybridized carbons (Fsp3) is 0.125. The van der Waals surface area contributed by atoms with Crippen LogP contribution in [0.25, 0.3) is 6.08 Å². The van der Waals surface area contributed by atoms with Gasteiger partial charge in [0.2, 0.25) is 5.91 Å². The van der Waals surface area contributed by atoms with Crippen molar-refractivity contribution in [3.05, 3.63) is 63.9 Å². The summed E-state index contributed by atoms with van der Waals surface area (Å²) in [5, 5.41) is 13.5. The second-order valence-electron chi connectivity index (χ2n) is 4.54. The quantitative estimate of drug-likeness (QED) is 0.834. The van der Waals surface area contributed by atoms with Crippen LogP contribution in [0.15, 0.2) is 47.9 Å². The Morgan fingerprint density at radius 2 is 2.10 bits per heavy atom. The van der Waals surface area contributed by atoms with Crippen molar-refractivity contribution in [2.45, 2.75) is 13.0 Å². The van der Waals surface area contributed by atoms with E-state index in [1.165, 1.54) is 17.4 Å². The van der Waals surface area contributed by atoms with Gasteiger partial charge in [-0.05, 0) is 30.0 Å². The highest BCUT2D eigenvalue weighted by molar-refractivity contribution is 7.10. The van der Waals surface area contributed by atoms with Gasteiger partial charge in [0.1, 0.15) is 0 Å². The molecule has 108 valence electrons. The van der Waals surface area contributed by atoms with Gasteiger partial charge in [0.05, 0.1) is 0 Å². The summed E-state index contributed by atoms with van der Waals surface area (Å²) in [6.07, 6.45) is 3.01. The average Bonchev–Trinajstić information content (AvgIpc) is 2.96. The molecular weight excluding hydrogens is 286 g/mol. The molecule has 1 amide bonds. The molecule has 0 radical (unpaired) electrons. The number of benzene rings is 1. The Morgan fingerprint density at radius 1 is 1.29 bits per heavy atom. The number of aliphatic carboxylic acids is 1. The number of aryl methyl sites for hydroxylation is 1. The number of carbonyl (C=O) groups excluding carboxylic acids is 1. The van der Waals surface area contributed by atoms with Crippen LogP contribution >= 0.6 is 11.3 Å². The van der Waals surface area contributed by atoms with Gasteiger partial charge >= 0.3 is 5.97 Å². The molecule has 2 N–H and O–H groups in total. The number of thiophene rings is 1. The maximum absolute atomic E-state index is 11.9. The van der Waals surface area contributed by atoms with Crippen LogP contribution in [-0.2, 0) is 9.59 Å². The zero-order valence-electron chi connectivity index (χ0n) is 11.4. The van der Waals surface area contributed by atoms with Gasteiger partial charge in [-0.15, -0.1) is 11.3 Å². The minimum atomic E-state index is -1.07. The molecule has 2 aromatic rings. The molecule has 0 aliphatic heterocycles. The Morgan fingerprint density at radius 3 is 2.71 bits per heavy atom. The highest BCUT2D eigenvalue weighted by Crippen LogP contribution is 2.19. The molecule has 0 saturated heterocycles. The summed E-state index contributed by atoms with van der Waals surface area (Å²) >= 11 is 1.30. The van der Waals surface area contributed by atoms with E-state index in [4.69, 9.17) is 0 Å². The van der Waals surface area contributed by atoms with Gasteiger partial charge in [-0.2, -0.15) is 0 Å². The zero-order chi connectivity index (χ0) is 15.2. The second kappa shape index (κ2) is 6.85. The van der Waals surface area contributed by atoms with Crippen LogP contribution < -0.4 is 5.32 Å². The standard InChI is InChI=1S/C16H15NO3S/c1-11-4-2-5-12(10-11)7-8-14(18)17-15(16(19)20)13-6-3-9-21-13/h2-10,15H,1H3,(H,17,18)(H,19,20)/b8-7+. The number of carboxylic acids is 1. The van der Waals surface area contributed by atoms with Crippen molar-refractivity contribution in [1.82, 2.24) is 5.32 Å². The number of amides is 1. The molecule has 1 unspecified atom stereocenters. The Kier molecular flexibility index (Phi) is 4.90. The molecule has 0 aliphatic carbocycles. The first-order valence-corrected chi connectivity index (χ1v) is 7.25. The van der Waals surface area contributed by atoms with Crippen molar-refractivity contribution in [2.24, 2.45) is 0 Å². The first kappa shape index (κ1) is 15.0. The molecule has 1 heterocycles. The third-order valence-electron chi connectivity index (χ3n) is 2.83. The summed E-state index contributed by atoms with van der Waals surface area (Å²) in [6, 6.07) is 10.1. The van der Waals surface area contributed by atoms with Gasteiger partial charge in [0, 0.05) is 11.0 Å². The van der Waals surface area contributed by atoms with Crippen LogP contribution in [0.2, 0.25) is 0 Å². The number of carboxylic acid groups (broad SMARTS) is 1. The number of carbonyl (C=O) groups is 2. The highest BCUT2D eigenvalue weighted by Gasteiger charge is 2.21. The van der Waals surface area contributed by atoms with Crippen LogP contribution in [0.4, 0.5) is 0 Å². The molecule has 1 aromatic heterocycles. The highest BCUT2D eigenvalue weighted by atomic mass is 32.1. The van der Waals surface area contributed by atoms with Crippen molar-refractivity contribution in [3.63, 3.8) is 0 Å².